The number of anilines is 2. The quantitative estimate of drug-likeness (QED) is 0.457. The number of fused-ring (bicyclic) bond motifs is 2. The third kappa shape index (κ3) is 2.45. The maximum absolute atomic E-state index is 4.72. The van der Waals surface area contributed by atoms with Gasteiger partial charge in [-0.1, -0.05) is 0 Å². The minimum absolute atomic E-state index is 0.728. The molecule has 0 bridgehead atoms. The van der Waals surface area contributed by atoms with E-state index in [4.69, 9.17) is 4.98 Å². The van der Waals surface area contributed by atoms with Crippen molar-refractivity contribution in [2.45, 2.75) is 13.8 Å². The molecule has 0 aliphatic carbocycles. The number of H-pyrrole nitrogens is 2. The molecule has 0 unspecified atom stereocenters. The first-order chi connectivity index (χ1) is 13.1. The van der Waals surface area contributed by atoms with Gasteiger partial charge in [-0.05, 0) is 43.2 Å². The van der Waals surface area contributed by atoms with Crippen molar-refractivity contribution in [1.29, 1.82) is 0 Å². The van der Waals surface area contributed by atoms with E-state index in [1.807, 2.05) is 23.9 Å². The van der Waals surface area contributed by atoms with Crippen molar-refractivity contribution in [3.8, 4) is 11.5 Å². The van der Waals surface area contributed by atoms with E-state index in [2.05, 4.69) is 56.4 Å². The molecular formula is C19H18N8. The Kier molecular flexibility index (Phi) is 3.27. The minimum atomic E-state index is 0.728. The van der Waals surface area contributed by atoms with Crippen LogP contribution in [-0.4, -0.2) is 34.7 Å². The molecule has 0 saturated carbocycles. The highest BCUT2D eigenvalue weighted by Crippen LogP contribution is 2.30. The molecule has 134 valence electrons. The van der Waals surface area contributed by atoms with Gasteiger partial charge >= 0.3 is 0 Å². The summed E-state index contributed by atoms with van der Waals surface area (Å²) in [4.78, 5) is 16.8. The fourth-order valence-corrected chi connectivity index (χ4v) is 3.25. The Morgan fingerprint density at radius 2 is 1.96 bits per heavy atom. The highest BCUT2D eigenvalue weighted by Gasteiger charge is 2.15. The summed E-state index contributed by atoms with van der Waals surface area (Å²) < 4.78 is 1.96. The lowest BCUT2D eigenvalue weighted by Crippen LogP contribution is -1.97. The van der Waals surface area contributed by atoms with Crippen LogP contribution in [0.5, 0.6) is 0 Å². The molecule has 0 amide bonds. The first-order valence-corrected chi connectivity index (χ1v) is 8.64. The van der Waals surface area contributed by atoms with E-state index in [9.17, 15) is 0 Å². The summed E-state index contributed by atoms with van der Waals surface area (Å²) in [6.07, 6.45) is 5.25. The number of benzene rings is 1. The predicted octanol–water partition coefficient (Wildman–Crippen LogP) is 3.60. The number of hydrogen-bond donors (Lipinski definition) is 3. The van der Waals surface area contributed by atoms with Crippen LogP contribution in [0.1, 0.15) is 11.1 Å². The lowest BCUT2D eigenvalue weighted by atomic mass is 10.1. The van der Waals surface area contributed by atoms with E-state index in [0.29, 0.717) is 0 Å². The van der Waals surface area contributed by atoms with Gasteiger partial charge in [-0.3, -0.25) is 5.10 Å². The number of aromatic nitrogens is 7. The van der Waals surface area contributed by atoms with Gasteiger partial charge in [-0.15, -0.1) is 0 Å². The summed E-state index contributed by atoms with van der Waals surface area (Å²) in [5.41, 5.74) is 6.83. The second-order valence-corrected chi connectivity index (χ2v) is 6.71. The zero-order valence-electron chi connectivity index (χ0n) is 15.2. The van der Waals surface area contributed by atoms with Crippen molar-refractivity contribution in [3.05, 3.63) is 48.0 Å². The third-order valence-corrected chi connectivity index (χ3v) is 4.89. The van der Waals surface area contributed by atoms with Crippen LogP contribution < -0.4 is 5.32 Å². The van der Waals surface area contributed by atoms with Gasteiger partial charge in [0.1, 0.15) is 23.5 Å². The first-order valence-electron chi connectivity index (χ1n) is 8.64. The number of nitrogens with one attached hydrogen (secondary N) is 3. The predicted molar refractivity (Wildman–Crippen MR) is 105 cm³/mol. The summed E-state index contributed by atoms with van der Waals surface area (Å²) in [6.45, 7) is 4.19. The second kappa shape index (κ2) is 5.66. The van der Waals surface area contributed by atoms with Crippen molar-refractivity contribution < 1.29 is 0 Å². The molecule has 0 spiro atoms. The van der Waals surface area contributed by atoms with Gasteiger partial charge in [-0.25, -0.2) is 15.0 Å². The van der Waals surface area contributed by atoms with Crippen molar-refractivity contribution >= 4 is 33.6 Å². The van der Waals surface area contributed by atoms with E-state index in [-0.39, 0.29) is 0 Å². The van der Waals surface area contributed by atoms with E-state index < -0.39 is 0 Å². The topological polar surface area (TPSA) is 100 Å². The zero-order chi connectivity index (χ0) is 18.5. The summed E-state index contributed by atoms with van der Waals surface area (Å²) in [5, 5.41) is 11.5. The average Bonchev–Trinajstić information content (AvgIpc) is 3.35. The molecule has 5 aromatic rings. The van der Waals surface area contributed by atoms with Crippen LogP contribution >= 0.6 is 0 Å². The highest BCUT2D eigenvalue weighted by atomic mass is 15.2. The largest absolute Gasteiger partial charge is 0.337 e. The number of hydrogen-bond acceptors (Lipinski definition) is 5. The number of rotatable bonds is 3. The standard InChI is InChI=1S/C19H18N8/c1-10-6-13-14(7-11(10)2)24-18(23-13)16-15(8-22-26-16)25-17-12-4-5-27(3)19(12)21-9-20-17/h4-9H,1-3H3,(H,22,26)(H,23,24)(H,20,21,25). The second-order valence-electron chi connectivity index (χ2n) is 6.71. The Balaban J connectivity index is 1.58. The fourth-order valence-electron chi connectivity index (χ4n) is 3.25. The Bertz CT molecular complexity index is 1250. The molecule has 5 rings (SSSR count). The maximum Gasteiger partial charge on any atom is 0.158 e. The van der Waals surface area contributed by atoms with Gasteiger partial charge in [0, 0.05) is 13.2 Å². The summed E-state index contributed by atoms with van der Waals surface area (Å²) in [6, 6.07) is 6.19. The molecule has 0 saturated heterocycles. The fraction of sp³-hybridized carbons (Fsp3) is 0.158. The molecule has 0 aliphatic heterocycles. The molecule has 8 heteroatoms. The minimum Gasteiger partial charge on any atom is -0.337 e. The Morgan fingerprint density at radius 3 is 2.85 bits per heavy atom. The van der Waals surface area contributed by atoms with Crippen LogP contribution in [0.2, 0.25) is 0 Å². The van der Waals surface area contributed by atoms with Crippen LogP contribution in [0, 0.1) is 13.8 Å². The molecule has 0 aliphatic rings. The summed E-state index contributed by atoms with van der Waals surface area (Å²) in [5.74, 6) is 1.46. The smallest absolute Gasteiger partial charge is 0.158 e. The number of nitrogens with zero attached hydrogens (tertiary/aromatic N) is 5. The van der Waals surface area contributed by atoms with Gasteiger partial charge < -0.3 is 14.9 Å². The van der Waals surface area contributed by atoms with Gasteiger partial charge in [0.05, 0.1) is 28.3 Å². The highest BCUT2D eigenvalue weighted by molar-refractivity contribution is 5.91. The molecule has 4 aromatic heterocycles. The lowest BCUT2D eigenvalue weighted by Gasteiger charge is -2.06. The van der Waals surface area contributed by atoms with Gasteiger partial charge in [0.2, 0.25) is 0 Å². The molecule has 3 N–H and O–H groups in total. The Labute approximate surface area is 154 Å². The monoisotopic (exact) mass is 358 g/mol. The van der Waals surface area contributed by atoms with Crippen LogP contribution in [-0.2, 0) is 7.05 Å². The Hall–Kier alpha value is -3.68. The van der Waals surface area contributed by atoms with Crippen LogP contribution in [0.4, 0.5) is 11.5 Å². The van der Waals surface area contributed by atoms with Gasteiger partial charge in [0.25, 0.3) is 0 Å². The van der Waals surface area contributed by atoms with Crippen molar-refractivity contribution in [3.63, 3.8) is 0 Å². The van der Waals surface area contributed by atoms with Crippen molar-refractivity contribution in [2.75, 3.05) is 5.32 Å². The SMILES string of the molecule is Cc1cc2nc(-c3[nH]ncc3Nc3ncnc4c3ccn4C)[nH]c2cc1C. The third-order valence-electron chi connectivity index (χ3n) is 4.89. The van der Waals surface area contributed by atoms with Crippen molar-refractivity contribution in [2.24, 2.45) is 7.05 Å². The lowest BCUT2D eigenvalue weighted by molar-refractivity contribution is 0.944. The number of aryl methyl sites for hydroxylation is 3. The number of aromatic amines is 2. The number of imidazole rings is 1. The van der Waals surface area contributed by atoms with Crippen LogP contribution in [0.3, 0.4) is 0 Å². The first kappa shape index (κ1) is 15.6. The molecule has 4 heterocycles. The summed E-state index contributed by atoms with van der Waals surface area (Å²) in [7, 11) is 1.96. The van der Waals surface area contributed by atoms with Crippen LogP contribution in [0.15, 0.2) is 36.9 Å². The molecular weight excluding hydrogens is 340 g/mol. The van der Waals surface area contributed by atoms with E-state index in [1.54, 1.807) is 12.5 Å². The molecule has 0 radical (unpaired) electrons. The van der Waals surface area contributed by atoms with Gasteiger partial charge in [0.15, 0.2) is 5.82 Å². The van der Waals surface area contributed by atoms with Crippen LogP contribution in [0.25, 0.3) is 33.6 Å². The zero-order valence-corrected chi connectivity index (χ0v) is 15.2. The van der Waals surface area contributed by atoms with E-state index >= 15 is 0 Å². The van der Waals surface area contributed by atoms with Gasteiger partial charge in [-0.2, -0.15) is 5.10 Å². The molecule has 0 atom stereocenters. The molecule has 27 heavy (non-hydrogen) atoms. The summed E-state index contributed by atoms with van der Waals surface area (Å²) >= 11 is 0. The Morgan fingerprint density at radius 1 is 1.11 bits per heavy atom. The van der Waals surface area contributed by atoms with Crippen molar-refractivity contribution in [1.82, 2.24) is 34.7 Å². The normalized spacial score (nSPS) is 11.5. The van der Waals surface area contributed by atoms with E-state index in [0.717, 1.165) is 45.1 Å². The molecule has 8 nitrogen and oxygen atoms in total. The van der Waals surface area contributed by atoms with E-state index in [1.165, 1.54) is 11.1 Å². The molecule has 0 fully saturated rings. The average molecular weight is 358 g/mol. The maximum atomic E-state index is 4.72. The molecule has 1 aromatic carbocycles.